The van der Waals surface area contributed by atoms with Crippen LogP contribution in [-0.4, -0.2) is 20.9 Å². The fourth-order valence-electron chi connectivity index (χ4n) is 2.00. The van der Waals surface area contributed by atoms with Crippen molar-refractivity contribution in [2.45, 2.75) is 6.54 Å². The molecule has 0 atom stereocenters. The van der Waals surface area contributed by atoms with Gasteiger partial charge in [-0.2, -0.15) is 0 Å². The molecule has 0 spiro atoms. The number of rotatable bonds is 3. The summed E-state index contributed by atoms with van der Waals surface area (Å²) in [6.07, 6.45) is 0. The van der Waals surface area contributed by atoms with E-state index in [2.05, 4.69) is 38.2 Å². The molecule has 0 saturated heterocycles. The fraction of sp³-hybridized carbons (Fsp3) is 0.0667. The zero-order valence-corrected chi connectivity index (χ0v) is 13.5. The number of halogens is 1. The van der Waals surface area contributed by atoms with Crippen LogP contribution in [0.5, 0.6) is 0 Å². The van der Waals surface area contributed by atoms with E-state index >= 15 is 0 Å². The summed E-state index contributed by atoms with van der Waals surface area (Å²) < 4.78 is 2.14. The van der Waals surface area contributed by atoms with E-state index in [-0.39, 0.29) is 18.0 Å². The molecule has 0 fully saturated rings. The van der Waals surface area contributed by atoms with Crippen LogP contribution in [0.4, 0.5) is 5.69 Å². The maximum atomic E-state index is 12.2. The predicted octanol–water partition coefficient (Wildman–Crippen LogP) is 2.03. The van der Waals surface area contributed by atoms with Gasteiger partial charge in [-0.05, 0) is 59.0 Å². The van der Waals surface area contributed by atoms with Crippen molar-refractivity contribution < 1.29 is 4.79 Å². The fourth-order valence-corrected chi connectivity index (χ4v) is 2.36. The van der Waals surface area contributed by atoms with Crippen molar-refractivity contribution in [3.63, 3.8) is 0 Å². The predicted molar refractivity (Wildman–Crippen MR) is 91.6 cm³/mol. The Morgan fingerprint density at radius 1 is 1.14 bits per heavy atom. The molecule has 22 heavy (non-hydrogen) atoms. The molecule has 110 valence electrons. The van der Waals surface area contributed by atoms with Gasteiger partial charge in [0.05, 0.1) is 5.39 Å². The molecular weight excluding hydrogens is 395 g/mol. The number of nitrogens with zero attached hydrogens (tertiary/aromatic N) is 3. The lowest BCUT2D eigenvalue weighted by Crippen LogP contribution is -2.30. The minimum Gasteiger partial charge on any atom is -0.324 e. The van der Waals surface area contributed by atoms with Gasteiger partial charge in [0.15, 0.2) is 0 Å². The first kappa shape index (κ1) is 14.6. The van der Waals surface area contributed by atoms with Crippen LogP contribution in [0.1, 0.15) is 0 Å². The Morgan fingerprint density at radius 2 is 1.86 bits per heavy atom. The zero-order valence-electron chi connectivity index (χ0n) is 11.4. The first-order valence-corrected chi connectivity index (χ1v) is 7.59. The molecule has 0 aliphatic carbocycles. The first-order chi connectivity index (χ1) is 10.6. The number of amides is 1. The van der Waals surface area contributed by atoms with E-state index in [1.54, 1.807) is 36.4 Å². The molecule has 0 radical (unpaired) electrons. The summed E-state index contributed by atoms with van der Waals surface area (Å²) in [5, 5.41) is 10.9. The number of hydrogen-bond acceptors (Lipinski definition) is 4. The summed E-state index contributed by atoms with van der Waals surface area (Å²) in [5.74, 6) is -0.326. The standard InChI is InChI=1S/C15H11IN4O2/c16-10-5-7-11(8-6-10)17-14(21)9-20-15(22)12-3-1-2-4-13(12)18-19-20/h1-8H,9H2,(H,17,21). The Morgan fingerprint density at radius 3 is 2.64 bits per heavy atom. The number of nitrogens with one attached hydrogen (secondary N) is 1. The normalized spacial score (nSPS) is 10.6. The number of hydrogen-bond donors (Lipinski definition) is 1. The quantitative estimate of drug-likeness (QED) is 0.676. The molecule has 1 amide bonds. The highest BCUT2D eigenvalue weighted by Gasteiger charge is 2.09. The van der Waals surface area contributed by atoms with Crippen LogP contribution in [0.2, 0.25) is 0 Å². The van der Waals surface area contributed by atoms with Gasteiger partial charge in [0.1, 0.15) is 12.1 Å². The smallest absolute Gasteiger partial charge is 0.278 e. The Bertz CT molecular complexity index is 890. The van der Waals surface area contributed by atoms with Gasteiger partial charge < -0.3 is 5.32 Å². The molecule has 0 saturated carbocycles. The Balaban J connectivity index is 1.81. The zero-order chi connectivity index (χ0) is 15.5. The van der Waals surface area contributed by atoms with Crippen molar-refractivity contribution in [3.05, 3.63) is 62.5 Å². The van der Waals surface area contributed by atoms with Crippen molar-refractivity contribution in [2.24, 2.45) is 0 Å². The molecule has 3 aromatic rings. The molecule has 2 aromatic carbocycles. The third-order valence-electron chi connectivity index (χ3n) is 3.05. The average molecular weight is 406 g/mol. The lowest BCUT2D eigenvalue weighted by atomic mass is 10.2. The van der Waals surface area contributed by atoms with Crippen LogP contribution in [0.15, 0.2) is 53.3 Å². The van der Waals surface area contributed by atoms with E-state index in [1.807, 2.05) is 12.1 Å². The SMILES string of the molecule is O=C(Cn1nnc2ccccc2c1=O)Nc1ccc(I)cc1. The van der Waals surface area contributed by atoms with Crippen molar-refractivity contribution in [1.29, 1.82) is 0 Å². The molecule has 1 heterocycles. The molecule has 0 bridgehead atoms. The maximum absolute atomic E-state index is 12.2. The van der Waals surface area contributed by atoms with Crippen LogP contribution in [0, 0.1) is 3.57 Å². The molecule has 0 aliphatic rings. The maximum Gasteiger partial charge on any atom is 0.278 e. The number of carbonyl (C=O) groups is 1. The molecule has 1 N–H and O–H groups in total. The molecule has 1 aromatic heterocycles. The van der Waals surface area contributed by atoms with E-state index in [1.165, 1.54) is 0 Å². The third-order valence-corrected chi connectivity index (χ3v) is 3.77. The third kappa shape index (κ3) is 3.14. The van der Waals surface area contributed by atoms with Gasteiger partial charge in [0.25, 0.3) is 5.56 Å². The van der Waals surface area contributed by atoms with Crippen molar-refractivity contribution in [3.8, 4) is 0 Å². The van der Waals surface area contributed by atoms with Crippen LogP contribution in [-0.2, 0) is 11.3 Å². The summed E-state index contributed by atoms with van der Waals surface area (Å²) in [7, 11) is 0. The minimum atomic E-state index is -0.330. The highest BCUT2D eigenvalue weighted by atomic mass is 127. The van der Waals surface area contributed by atoms with E-state index < -0.39 is 0 Å². The highest BCUT2D eigenvalue weighted by molar-refractivity contribution is 14.1. The topological polar surface area (TPSA) is 76.9 Å². The van der Waals surface area contributed by atoms with Crippen LogP contribution in [0.25, 0.3) is 10.9 Å². The van der Waals surface area contributed by atoms with Gasteiger partial charge in [-0.3, -0.25) is 9.59 Å². The van der Waals surface area contributed by atoms with Gasteiger partial charge in [-0.25, -0.2) is 4.68 Å². The van der Waals surface area contributed by atoms with Gasteiger partial charge in [0.2, 0.25) is 5.91 Å². The summed E-state index contributed by atoms with van der Waals surface area (Å²) in [4.78, 5) is 24.3. The lowest BCUT2D eigenvalue weighted by molar-refractivity contribution is -0.117. The largest absolute Gasteiger partial charge is 0.324 e. The lowest BCUT2D eigenvalue weighted by Gasteiger charge is -2.06. The second kappa shape index (κ2) is 6.22. The van der Waals surface area contributed by atoms with Gasteiger partial charge >= 0.3 is 0 Å². The van der Waals surface area contributed by atoms with E-state index in [4.69, 9.17) is 0 Å². The average Bonchev–Trinajstić information content (AvgIpc) is 2.53. The van der Waals surface area contributed by atoms with Gasteiger partial charge in [-0.1, -0.05) is 17.3 Å². The highest BCUT2D eigenvalue weighted by Crippen LogP contribution is 2.11. The first-order valence-electron chi connectivity index (χ1n) is 6.51. The Kier molecular flexibility index (Phi) is 4.14. The number of fused-ring (bicyclic) bond motifs is 1. The van der Waals surface area contributed by atoms with Gasteiger partial charge in [-0.15, -0.1) is 5.10 Å². The van der Waals surface area contributed by atoms with Crippen molar-refractivity contribution in [2.75, 3.05) is 5.32 Å². The number of anilines is 1. The molecule has 0 aliphatic heterocycles. The number of benzene rings is 2. The Labute approximate surface area is 139 Å². The summed E-state index contributed by atoms with van der Waals surface area (Å²) in [6, 6.07) is 14.3. The molecule has 0 unspecified atom stereocenters. The van der Waals surface area contributed by atoms with Crippen LogP contribution in [0.3, 0.4) is 0 Å². The molecule has 3 rings (SSSR count). The van der Waals surface area contributed by atoms with Crippen LogP contribution < -0.4 is 10.9 Å². The van der Waals surface area contributed by atoms with Crippen LogP contribution >= 0.6 is 22.6 Å². The Hall–Kier alpha value is -2.29. The number of carbonyl (C=O) groups excluding carboxylic acids is 1. The number of aromatic nitrogens is 3. The summed E-state index contributed by atoms with van der Waals surface area (Å²) >= 11 is 2.18. The molecule has 6 nitrogen and oxygen atoms in total. The van der Waals surface area contributed by atoms with E-state index in [0.29, 0.717) is 16.6 Å². The minimum absolute atomic E-state index is 0.178. The summed E-state index contributed by atoms with van der Waals surface area (Å²) in [6.45, 7) is -0.178. The summed E-state index contributed by atoms with van der Waals surface area (Å²) in [5.41, 5.74) is 0.859. The van der Waals surface area contributed by atoms with E-state index in [0.717, 1.165) is 8.25 Å². The van der Waals surface area contributed by atoms with Crippen molar-refractivity contribution in [1.82, 2.24) is 15.0 Å². The van der Waals surface area contributed by atoms with Crippen molar-refractivity contribution >= 4 is 45.1 Å². The monoisotopic (exact) mass is 406 g/mol. The molecule has 7 heteroatoms. The van der Waals surface area contributed by atoms with E-state index in [9.17, 15) is 9.59 Å². The molecular formula is C15H11IN4O2. The van der Waals surface area contributed by atoms with Gasteiger partial charge in [0, 0.05) is 9.26 Å². The second-order valence-corrected chi connectivity index (χ2v) is 5.87. The second-order valence-electron chi connectivity index (χ2n) is 4.62.